The van der Waals surface area contributed by atoms with Gasteiger partial charge in [0, 0.05) is 25.6 Å². The van der Waals surface area contributed by atoms with Crippen molar-refractivity contribution in [3.63, 3.8) is 0 Å². The van der Waals surface area contributed by atoms with Gasteiger partial charge in [-0.3, -0.25) is 14.7 Å². The van der Waals surface area contributed by atoms with Gasteiger partial charge in [-0.05, 0) is 43.7 Å². The number of hydrogen-bond acceptors (Lipinski definition) is 4. The van der Waals surface area contributed by atoms with Gasteiger partial charge in [-0.15, -0.1) is 12.4 Å². The molecule has 7 nitrogen and oxygen atoms in total. The average molecular weight is 404 g/mol. The second-order valence-corrected chi connectivity index (χ2v) is 7.46. The van der Waals surface area contributed by atoms with E-state index in [-0.39, 0.29) is 41.8 Å². The number of rotatable bonds is 4. The Balaban J connectivity index is 0.00000210. The molecule has 2 bridgehead atoms. The molecule has 1 aromatic heterocycles. The minimum Gasteiger partial charge on any atom is -0.349 e. The van der Waals surface area contributed by atoms with Crippen LogP contribution in [0.1, 0.15) is 48.3 Å². The Bertz CT molecular complexity index is 701. The number of halogens is 3. The van der Waals surface area contributed by atoms with E-state index >= 15 is 0 Å². The Morgan fingerprint density at radius 1 is 1.37 bits per heavy atom. The van der Waals surface area contributed by atoms with Crippen LogP contribution in [0.5, 0.6) is 0 Å². The molecule has 3 saturated heterocycles. The molecule has 3 fully saturated rings. The molecular formula is C17H24ClF2N5O2. The monoisotopic (exact) mass is 403 g/mol. The van der Waals surface area contributed by atoms with Crippen molar-refractivity contribution in [2.75, 3.05) is 19.6 Å². The van der Waals surface area contributed by atoms with Gasteiger partial charge in [0.1, 0.15) is 11.4 Å². The number of carbonyl (C=O) groups excluding carboxylic acids is 2. The number of hydrogen-bond donors (Lipinski definition) is 3. The number of alkyl halides is 2. The van der Waals surface area contributed by atoms with Crippen molar-refractivity contribution in [3.8, 4) is 0 Å². The van der Waals surface area contributed by atoms with E-state index < -0.39 is 12.3 Å². The Morgan fingerprint density at radius 2 is 2.15 bits per heavy atom. The zero-order valence-corrected chi connectivity index (χ0v) is 15.6. The van der Waals surface area contributed by atoms with Crippen LogP contribution in [-0.4, -0.2) is 58.6 Å². The summed E-state index contributed by atoms with van der Waals surface area (Å²) in [6.45, 7) is 2.08. The Labute approximate surface area is 162 Å². The lowest BCUT2D eigenvalue weighted by molar-refractivity contribution is -0.148. The van der Waals surface area contributed by atoms with E-state index in [1.807, 2.05) is 4.90 Å². The molecular weight excluding hydrogens is 380 g/mol. The molecule has 27 heavy (non-hydrogen) atoms. The zero-order valence-electron chi connectivity index (χ0n) is 14.8. The maximum atomic E-state index is 12.6. The van der Waals surface area contributed by atoms with Crippen LogP contribution >= 0.6 is 12.4 Å². The van der Waals surface area contributed by atoms with Crippen LogP contribution < -0.4 is 10.6 Å². The summed E-state index contributed by atoms with van der Waals surface area (Å²) in [7, 11) is 0. The lowest BCUT2D eigenvalue weighted by atomic mass is 9.72. The predicted octanol–water partition coefficient (Wildman–Crippen LogP) is 1.49. The number of nitrogens with zero attached hydrogens (tertiary/aromatic N) is 2. The number of amides is 2. The molecule has 4 atom stereocenters. The van der Waals surface area contributed by atoms with Crippen LogP contribution in [0.3, 0.4) is 0 Å². The summed E-state index contributed by atoms with van der Waals surface area (Å²) in [5, 5.41) is 12.1. The summed E-state index contributed by atoms with van der Waals surface area (Å²) in [5.74, 6) is 0.435. The highest BCUT2D eigenvalue weighted by molar-refractivity contribution is 5.92. The Hall–Kier alpha value is -1.74. The summed E-state index contributed by atoms with van der Waals surface area (Å²) in [6.07, 6.45) is 0.848. The highest BCUT2D eigenvalue weighted by atomic mass is 35.5. The van der Waals surface area contributed by atoms with E-state index in [0.717, 1.165) is 38.4 Å². The molecule has 0 radical (unpaired) electrons. The molecule has 4 heterocycles. The second kappa shape index (κ2) is 8.10. The van der Waals surface area contributed by atoms with E-state index in [0.29, 0.717) is 24.8 Å². The normalized spacial score (nSPS) is 29.9. The number of aromatic amines is 1. The quantitative estimate of drug-likeness (QED) is 0.710. The van der Waals surface area contributed by atoms with Gasteiger partial charge in [-0.1, -0.05) is 0 Å². The fourth-order valence-corrected chi connectivity index (χ4v) is 4.75. The van der Waals surface area contributed by atoms with Gasteiger partial charge in [-0.25, -0.2) is 8.78 Å². The average Bonchev–Trinajstić information content (AvgIpc) is 3.13. The summed E-state index contributed by atoms with van der Waals surface area (Å²) in [4.78, 5) is 26.8. The van der Waals surface area contributed by atoms with E-state index in [1.165, 1.54) is 0 Å². The van der Waals surface area contributed by atoms with Crippen molar-refractivity contribution in [1.29, 1.82) is 0 Å². The summed E-state index contributed by atoms with van der Waals surface area (Å²) in [5.41, 5.74) is -0.435. The fraction of sp³-hybridized carbons (Fsp3) is 0.706. The maximum absolute atomic E-state index is 12.6. The molecule has 4 rings (SSSR count). The van der Waals surface area contributed by atoms with E-state index in [2.05, 4.69) is 20.8 Å². The van der Waals surface area contributed by atoms with Crippen molar-refractivity contribution >= 4 is 24.2 Å². The van der Waals surface area contributed by atoms with Crippen LogP contribution in [-0.2, 0) is 4.79 Å². The molecule has 0 saturated carbocycles. The van der Waals surface area contributed by atoms with Crippen molar-refractivity contribution in [3.05, 3.63) is 17.5 Å². The number of carbonyl (C=O) groups is 2. The van der Waals surface area contributed by atoms with Gasteiger partial charge in [-0.2, -0.15) is 5.10 Å². The molecule has 1 aromatic rings. The molecule has 150 valence electrons. The first-order valence-electron chi connectivity index (χ1n) is 9.18. The third kappa shape index (κ3) is 3.80. The van der Waals surface area contributed by atoms with Crippen LogP contribution in [0.25, 0.3) is 0 Å². The smallest absolute Gasteiger partial charge is 0.279 e. The highest BCUT2D eigenvalue weighted by Gasteiger charge is 2.47. The third-order valence-corrected chi connectivity index (χ3v) is 5.94. The Morgan fingerprint density at radius 3 is 2.89 bits per heavy atom. The standard InChI is InChI=1S/C17H23F2N5O2.ClH/c18-16(19)11-5-12(23-22-11)17(26)21-8-14-10-4-9(6-20-7-10)13-2-1-3-15(25)24(13)14;/h5,9-10,13-14,16,20H,1-4,6-8H2,(H,21,26)(H,22,23);1H/t9-,10+,13+,14+;/m1./s1. The van der Waals surface area contributed by atoms with E-state index in [4.69, 9.17) is 0 Å². The molecule has 3 aliphatic rings. The van der Waals surface area contributed by atoms with Gasteiger partial charge < -0.3 is 15.5 Å². The molecule has 2 amide bonds. The van der Waals surface area contributed by atoms with Crippen molar-refractivity contribution < 1.29 is 18.4 Å². The number of nitrogens with one attached hydrogen (secondary N) is 3. The van der Waals surface area contributed by atoms with Gasteiger partial charge in [0.25, 0.3) is 12.3 Å². The van der Waals surface area contributed by atoms with Crippen molar-refractivity contribution in [2.45, 2.75) is 44.2 Å². The minimum absolute atomic E-state index is 0. The molecule has 10 heteroatoms. The van der Waals surface area contributed by atoms with Crippen molar-refractivity contribution in [1.82, 2.24) is 25.7 Å². The van der Waals surface area contributed by atoms with Crippen LogP contribution in [0.2, 0.25) is 0 Å². The second-order valence-electron chi connectivity index (χ2n) is 7.46. The number of H-pyrrole nitrogens is 1. The molecule has 3 aliphatic heterocycles. The highest BCUT2D eigenvalue weighted by Crippen LogP contribution is 2.39. The number of aromatic nitrogens is 2. The predicted molar refractivity (Wildman–Crippen MR) is 95.9 cm³/mol. The molecule has 0 spiro atoms. The first-order chi connectivity index (χ1) is 12.5. The van der Waals surface area contributed by atoms with E-state index in [1.54, 1.807) is 0 Å². The minimum atomic E-state index is -2.70. The first-order valence-corrected chi connectivity index (χ1v) is 9.18. The Kier molecular flexibility index (Phi) is 6.00. The van der Waals surface area contributed by atoms with Crippen LogP contribution in [0.4, 0.5) is 8.78 Å². The van der Waals surface area contributed by atoms with Crippen molar-refractivity contribution in [2.24, 2.45) is 11.8 Å². The van der Waals surface area contributed by atoms with Gasteiger partial charge >= 0.3 is 0 Å². The largest absolute Gasteiger partial charge is 0.349 e. The number of fused-ring (bicyclic) bond motifs is 4. The molecule has 3 N–H and O–H groups in total. The summed E-state index contributed by atoms with van der Waals surface area (Å²) in [6, 6.07) is 1.24. The lowest BCUT2D eigenvalue weighted by Gasteiger charge is -2.54. The lowest BCUT2D eigenvalue weighted by Crippen LogP contribution is -2.66. The van der Waals surface area contributed by atoms with Crippen LogP contribution in [0.15, 0.2) is 6.07 Å². The van der Waals surface area contributed by atoms with E-state index in [9.17, 15) is 18.4 Å². The SMILES string of the molecule is Cl.O=C(NC[C@H]1[C@@H]2CNC[C@@H](C2)[C@@H]2CCCC(=O)N21)c1cc(C(F)F)[nH]n1. The summed E-state index contributed by atoms with van der Waals surface area (Å²) >= 11 is 0. The van der Waals surface area contributed by atoms with Crippen LogP contribution in [0, 0.1) is 11.8 Å². The molecule has 0 aromatic carbocycles. The topological polar surface area (TPSA) is 90.1 Å². The van der Waals surface area contributed by atoms with Gasteiger partial charge in [0.15, 0.2) is 0 Å². The summed E-state index contributed by atoms with van der Waals surface area (Å²) < 4.78 is 25.3. The molecule has 0 aliphatic carbocycles. The zero-order chi connectivity index (χ0) is 18.3. The van der Waals surface area contributed by atoms with Gasteiger partial charge in [0.2, 0.25) is 5.91 Å². The fourth-order valence-electron chi connectivity index (χ4n) is 4.75. The first kappa shape index (κ1) is 20.0. The van der Waals surface area contributed by atoms with Gasteiger partial charge in [0.05, 0.1) is 6.04 Å². The third-order valence-electron chi connectivity index (χ3n) is 5.94. The number of piperidine rings is 3. The molecule has 0 unspecified atom stereocenters. The maximum Gasteiger partial charge on any atom is 0.279 e.